The van der Waals surface area contributed by atoms with Gasteiger partial charge in [0.2, 0.25) is 0 Å². The van der Waals surface area contributed by atoms with Crippen LogP contribution in [0.25, 0.3) is 10.9 Å². The lowest BCUT2D eigenvalue weighted by Crippen LogP contribution is -2.43. The van der Waals surface area contributed by atoms with Crippen LogP contribution in [0.3, 0.4) is 0 Å². The molecule has 0 N–H and O–H groups in total. The summed E-state index contributed by atoms with van der Waals surface area (Å²) in [6, 6.07) is 1.99. The molecular formula is C31H42BrF3N6O3Si. The maximum Gasteiger partial charge on any atom is 0.319 e. The van der Waals surface area contributed by atoms with Gasteiger partial charge in [-0.2, -0.15) is 15.1 Å². The minimum atomic E-state index is -1.97. The number of hydrogen-bond donors (Lipinski definition) is 0. The van der Waals surface area contributed by atoms with Gasteiger partial charge in [0.15, 0.2) is 25.7 Å². The number of nitrogens with zero attached hydrogens (tertiary/aromatic N) is 6. The first-order valence-electron chi connectivity index (χ1n) is 15.6. The van der Waals surface area contributed by atoms with Gasteiger partial charge in [-0.15, -0.1) is 0 Å². The third kappa shape index (κ3) is 5.95. The molecule has 2 fully saturated rings. The van der Waals surface area contributed by atoms with Crippen LogP contribution in [0.5, 0.6) is 11.8 Å². The van der Waals surface area contributed by atoms with E-state index < -0.39 is 31.7 Å². The van der Waals surface area contributed by atoms with Gasteiger partial charge in [0.1, 0.15) is 24.1 Å². The lowest BCUT2D eigenvalue weighted by Gasteiger charge is -2.35. The highest BCUT2D eigenvalue weighted by Gasteiger charge is 2.49. The highest BCUT2D eigenvalue weighted by atomic mass is 79.9. The molecule has 2 saturated heterocycles. The Morgan fingerprint density at radius 3 is 2.62 bits per heavy atom. The summed E-state index contributed by atoms with van der Waals surface area (Å²) in [6.07, 6.45) is 1.96. The summed E-state index contributed by atoms with van der Waals surface area (Å²) >= 11 is 3.04. The molecule has 3 aromatic rings. The Hall–Kier alpha value is -2.42. The van der Waals surface area contributed by atoms with Crippen molar-refractivity contribution in [3.63, 3.8) is 0 Å². The predicted molar refractivity (Wildman–Crippen MR) is 172 cm³/mol. The van der Waals surface area contributed by atoms with Crippen molar-refractivity contribution < 1.29 is 27.1 Å². The number of aromatic nitrogens is 4. The highest BCUT2D eigenvalue weighted by molar-refractivity contribution is 9.10. The van der Waals surface area contributed by atoms with Crippen molar-refractivity contribution in [2.24, 2.45) is 0 Å². The van der Waals surface area contributed by atoms with Gasteiger partial charge in [-0.1, -0.05) is 20.8 Å². The van der Waals surface area contributed by atoms with Crippen LogP contribution in [0.4, 0.5) is 19.0 Å². The van der Waals surface area contributed by atoms with E-state index in [9.17, 15) is 4.39 Å². The number of benzene rings is 1. The topological polar surface area (TPSA) is 77.8 Å². The molecule has 1 aromatic carbocycles. The van der Waals surface area contributed by atoms with Crippen molar-refractivity contribution >= 4 is 41.0 Å². The summed E-state index contributed by atoms with van der Waals surface area (Å²) in [5.74, 6) is -1.59. The smallest absolute Gasteiger partial charge is 0.319 e. The van der Waals surface area contributed by atoms with E-state index in [4.69, 9.17) is 24.0 Å². The number of hydrogen-bond acceptors (Lipinski definition) is 8. The van der Waals surface area contributed by atoms with Gasteiger partial charge in [0.05, 0.1) is 47.0 Å². The number of rotatable bonds is 8. The fourth-order valence-electron chi connectivity index (χ4n) is 6.58. The summed E-state index contributed by atoms with van der Waals surface area (Å²) in [7, 11) is -0.636. The van der Waals surface area contributed by atoms with Crippen molar-refractivity contribution in [1.82, 2.24) is 24.6 Å². The third-order valence-electron chi connectivity index (χ3n) is 10.1. The van der Waals surface area contributed by atoms with E-state index >= 15 is 8.78 Å². The number of anilines is 1. The zero-order valence-electron chi connectivity index (χ0n) is 26.9. The fraction of sp³-hybridized carbons (Fsp3) is 0.645. The van der Waals surface area contributed by atoms with Crippen LogP contribution in [0, 0.1) is 11.6 Å². The molecule has 9 nitrogen and oxygen atoms in total. The molecule has 0 amide bonds. The van der Waals surface area contributed by atoms with Crippen molar-refractivity contribution in [3.8, 4) is 11.8 Å². The highest BCUT2D eigenvalue weighted by Crippen LogP contribution is 2.44. The number of aryl methyl sites for hydroxylation is 1. The zero-order chi connectivity index (χ0) is 32.3. The SMILES string of the molecule is COc1c(F)c(Br)c(F)c2nc(OC[C@@]34CCCN3C[C@H](F)C4)nc(N3CCCn4nc(CO[Si](C)(C)C(C)(C)C)cc4C3)c12. The average molecular weight is 712 g/mol. The maximum atomic E-state index is 15.7. The van der Waals surface area contributed by atoms with Gasteiger partial charge < -0.3 is 18.8 Å². The summed E-state index contributed by atoms with van der Waals surface area (Å²) in [4.78, 5) is 13.3. The summed E-state index contributed by atoms with van der Waals surface area (Å²) in [5, 5.41) is 5.04. The van der Waals surface area contributed by atoms with Crippen LogP contribution in [0.15, 0.2) is 10.5 Å². The fourth-order valence-corrected chi connectivity index (χ4v) is 7.89. The maximum absolute atomic E-state index is 15.7. The van der Waals surface area contributed by atoms with Crippen LogP contribution in [-0.2, 0) is 24.1 Å². The van der Waals surface area contributed by atoms with E-state index in [1.54, 1.807) is 0 Å². The lowest BCUT2D eigenvalue weighted by atomic mass is 9.95. The van der Waals surface area contributed by atoms with Crippen molar-refractivity contribution in [2.75, 3.05) is 38.3 Å². The molecule has 5 heterocycles. The molecule has 0 unspecified atom stereocenters. The van der Waals surface area contributed by atoms with E-state index in [1.165, 1.54) is 7.11 Å². The van der Waals surface area contributed by atoms with Crippen molar-refractivity contribution in [2.45, 2.75) is 96.0 Å². The Morgan fingerprint density at radius 1 is 1.11 bits per heavy atom. The molecule has 3 aliphatic rings. The van der Waals surface area contributed by atoms with Gasteiger partial charge in [0, 0.05) is 26.1 Å². The van der Waals surface area contributed by atoms with Crippen LogP contribution < -0.4 is 14.4 Å². The molecule has 0 aliphatic carbocycles. The molecule has 6 rings (SSSR count). The lowest BCUT2D eigenvalue weighted by molar-refractivity contribution is 0.107. The van der Waals surface area contributed by atoms with Crippen LogP contribution in [0.1, 0.15) is 57.8 Å². The van der Waals surface area contributed by atoms with Gasteiger partial charge in [-0.25, -0.2) is 13.2 Å². The summed E-state index contributed by atoms with van der Waals surface area (Å²) in [5.41, 5.74) is 1.23. The monoisotopic (exact) mass is 710 g/mol. The number of fused-ring (bicyclic) bond motifs is 3. The van der Waals surface area contributed by atoms with Crippen LogP contribution in [-0.4, -0.2) is 78.0 Å². The first-order chi connectivity index (χ1) is 21.2. The molecule has 0 bridgehead atoms. The number of halogens is 4. The van der Waals surface area contributed by atoms with Crippen molar-refractivity contribution in [1.29, 1.82) is 0 Å². The molecule has 2 aromatic heterocycles. The second-order valence-corrected chi connectivity index (χ2v) is 19.7. The van der Waals surface area contributed by atoms with E-state index in [2.05, 4.69) is 59.7 Å². The van der Waals surface area contributed by atoms with E-state index in [1.807, 2.05) is 15.6 Å². The van der Waals surface area contributed by atoms with Gasteiger partial charge in [-0.05, 0) is 65.9 Å². The molecule has 0 spiro atoms. The molecular weight excluding hydrogens is 669 g/mol. The van der Waals surface area contributed by atoms with Gasteiger partial charge >= 0.3 is 6.01 Å². The molecule has 0 saturated carbocycles. The second kappa shape index (κ2) is 12.0. The molecule has 45 heavy (non-hydrogen) atoms. The second-order valence-electron chi connectivity index (χ2n) is 14.1. The largest absolute Gasteiger partial charge is 0.493 e. The molecule has 14 heteroatoms. The molecule has 0 radical (unpaired) electrons. The predicted octanol–water partition coefficient (Wildman–Crippen LogP) is 6.76. The van der Waals surface area contributed by atoms with Crippen LogP contribution in [0.2, 0.25) is 18.1 Å². The number of alkyl halides is 1. The quantitative estimate of drug-likeness (QED) is 0.188. The third-order valence-corrected chi connectivity index (χ3v) is 15.3. The van der Waals surface area contributed by atoms with Crippen molar-refractivity contribution in [3.05, 3.63) is 33.6 Å². The molecule has 3 aliphatic heterocycles. The van der Waals surface area contributed by atoms with E-state index in [-0.39, 0.29) is 38.8 Å². The Bertz CT molecular complexity index is 1600. The van der Waals surface area contributed by atoms with E-state index in [0.717, 1.165) is 37.2 Å². The average Bonchev–Trinajstić information content (AvgIpc) is 3.60. The van der Waals surface area contributed by atoms with E-state index in [0.29, 0.717) is 45.0 Å². The van der Waals surface area contributed by atoms with Gasteiger partial charge in [0.25, 0.3) is 0 Å². The first kappa shape index (κ1) is 32.5. The summed E-state index contributed by atoms with van der Waals surface area (Å²) < 4.78 is 65.2. The number of ether oxygens (including phenoxy) is 2. The molecule has 246 valence electrons. The van der Waals surface area contributed by atoms with Crippen LogP contribution >= 0.6 is 15.9 Å². The Balaban J connectivity index is 1.35. The number of methoxy groups -OCH3 is 1. The normalized spacial score (nSPS) is 22.5. The minimum Gasteiger partial charge on any atom is -0.493 e. The summed E-state index contributed by atoms with van der Waals surface area (Å²) in [6.45, 7) is 14.5. The Kier molecular flexibility index (Phi) is 8.66. The first-order valence-corrected chi connectivity index (χ1v) is 19.3. The molecule has 2 atom stereocenters. The Morgan fingerprint density at radius 2 is 1.89 bits per heavy atom. The Labute approximate surface area is 271 Å². The minimum absolute atomic E-state index is 0.0401. The standard InChI is InChI=1S/C31H42BrF3N6O3Si/c1-30(2,3)45(5,6)44-17-20-13-21-16-39(10-8-12-41(21)38-20)28-22-26(24(34)23(32)25(35)27(22)42-4)36-29(37-28)43-18-31-9-7-11-40(31)15-19(33)14-31/h13,19H,7-12,14-18H2,1-6H3/t19-,31+/m1/s1. The zero-order valence-corrected chi connectivity index (χ0v) is 29.4. The van der Waals surface area contributed by atoms with Gasteiger partial charge in [-0.3, -0.25) is 9.58 Å².